The molecule has 0 saturated carbocycles. The van der Waals surface area contributed by atoms with Crippen molar-refractivity contribution in [3.05, 3.63) is 35.4 Å². The molecule has 1 atom stereocenters. The Morgan fingerprint density at radius 2 is 1.80 bits per heavy atom. The van der Waals surface area contributed by atoms with Crippen LogP contribution < -0.4 is 5.73 Å². The number of hydrogen-bond acceptors (Lipinski definition) is 3. The Balaban J connectivity index is 1.87. The van der Waals surface area contributed by atoms with Gasteiger partial charge in [-0.05, 0) is 29.4 Å². The summed E-state index contributed by atoms with van der Waals surface area (Å²) in [6.07, 6.45) is 2.27. The molecule has 1 heterocycles. The van der Waals surface area contributed by atoms with Crippen LogP contribution in [0, 0.1) is 0 Å². The lowest BCUT2D eigenvalue weighted by atomic mass is 9.86. The normalized spacial score (nSPS) is 19.0. The highest BCUT2D eigenvalue weighted by molar-refractivity contribution is 5.29. The van der Waals surface area contributed by atoms with Crippen molar-refractivity contribution in [1.82, 2.24) is 0 Å². The average molecular weight is 277 g/mol. The molecule has 1 aromatic rings. The van der Waals surface area contributed by atoms with Crippen LogP contribution in [-0.2, 0) is 14.9 Å². The van der Waals surface area contributed by atoms with E-state index in [1.54, 1.807) is 0 Å². The molecule has 1 fully saturated rings. The Hall–Kier alpha value is -0.900. The average Bonchev–Trinajstić information content (AvgIpc) is 2.45. The summed E-state index contributed by atoms with van der Waals surface area (Å²) in [5.74, 6) is 0. The first-order valence-corrected chi connectivity index (χ1v) is 7.52. The van der Waals surface area contributed by atoms with Crippen LogP contribution in [0.15, 0.2) is 24.3 Å². The number of benzene rings is 1. The Labute approximate surface area is 122 Å². The van der Waals surface area contributed by atoms with Crippen LogP contribution >= 0.6 is 0 Å². The van der Waals surface area contributed by atoms with Gasteiger partial charge in [0, 0.05) is 13.2 Å². The summed E-state index contributed by atoms with van der Waals surface area (Å²) in [5, 5.41) is 0. The van der Waals surface area contributed by atoms with Crippen molar-refractivity contribution in [2.24, 2.45) is 5.73 Å². The lowest BCUT2D eigenvalue weighted by Crippen LogP contribution is -2.27. The van der Waals surface area contributed by atoms with Crippen LogP contribution in [0.5, 0.6) is 0 Å². The molecule has 1 saturated heterocycles. The molecule has 0 bridgehead atoms. The van der Waals surface area contributed by atoms with Gasteiger partial charge in [-0.3, -0.25) is 0 Å². The number of hydrogen-bond donors (Lipinski definition) is 1. The molecule has 2 rings (SSSR count). The molecule has 20 heavy (non-hydrogen) atoms. The minimum atomic E-state index is -0.0492. The highest BCUT2D eigenvalue weighted by Crippen LogP contribution is 2.24. The summed E-state index contributed by atoms with van der Waals surface area (Å²) >= 11 is 0. The van der Waals surface area contributed by atoms with Gasteiger partial charge in [0.1, 0.15) is 0 Å². The molecule has 0 radical (unpaired) electrons. The SMILES string of the molecule is CC(C)(C)c1ccc(C(N)COC2CCOCC2)cc1. The molecule has 0 aliphatic carbocycles. The van der Waals surface area contributed by atoms with E-state index in [1.165, 1.54) is 5.56 Å². The fraction of sp³-hybridized carbons (Fsp3) is 0.647. The molecule has 0 aromatic heterocycles. The summed E-state index contributed by atoms with van der Waals surface area (Å²) in [4.78, 5) is 0. The Morgan fingerprint density at radius 1 is 1.20 bits per heavy atom. The van der Waals surface area contributed by atoms with Gasteiger partial charge in [-0.1, -0.05) is 45.0 Å². The number of rotatable bonds is 4. The summed E-state index contributed by atoms with van der Waals surface area (Å²) in [7, 11) is 0. The van der Waals surface area contributed by atoms with Crippen LogP contribution in [0.1, 0.15) is 50.8 Å². The fourth-order valence-corrected chi connectivity index (χ4v) is 2.41. The van der Waals surface area contributed by atoms with E-state index in [0.29, 0.717) is 12.7 Å². The van der Waals surface area contributed by atoms with Gasteiger partial charge in [0.25, 0.3) is 0 Å². The second-order valence-corrected chi connectivity index (χ2v) is 6.62. The van der Waals surface area contributed by atoms with Crippen molar-refractivity contribution in [2.45, 2.75) is 51.2 Å². The number of nitrogens with two attached hydrogens (primary N) is 1. The summed E-state index contributed by atoms with van der Waals surface area (Å²) in [5.41, 5.74) is 8.87. The van der Waals surface area contributed by atoms with Gasteiger partial charge in [0.05, 0.1) is 18.8 Å². The van der Waals surface area contributed by atoms with Crippen LogP contribution in [0.2, 0.25) is 0 Å². The second kappa shape index (κ2) is 6.70. The van der Waals surface area contributed by atoms with Crippen molar-refractivity contribution >= 4 is 0 Å². The molecule has 3 nitrogen and oxygen atoms in total. The minimum Gasteiger partial charge on any atom is -0.381 e. The van der Waals surface area contributed by atoms with E-state index in [0.717, 1.165) is 31.6 Å². The predicted molar refractivity (Wildman–Crippen MR) is 81.9 cm³/mol. The molecule has 3 heteroatoms. The van der Waals surface area contributed by atoms with E-state index in [4.69, 9.17) is 15.2 Å². The minimum absolute atomic E-state index is 0.0492. The monoisotopic (exact) mass is 277 g/mol. The van der Waals surface area contributed by atoms with E-state index >= 15 is 0 Å². The number of ether oxygens (including phenoxy) is 2. The van der Waals surface area contributed by atoms with E-state index in [1.807, 2.05) is 0 Å². The zero-order valence-corrected chi connectivity index (χ0v) is 12.9. The van der Waals surface area contributed by atoms with Gasteiger partial charge in [-0.2, -0.15) is 0 Å². The molecule has 2 N–H and O–H groups in total. The summed E-state index contributed by atoms with van der Waals surface area (Å²) in [6, 6.07) is 8.54. The summed E-state index contributed by atoms with van der Waals surface area (Å²) in [6.45, 7) is 8.85. The zero-order valence-electron chi connectivity index (χ0n) is 12.9. The topological polar surface area (TPSA) is 44.5 Å². The Morgan fingerprint density at radius 3 is 2.35 bits per heavy atom. The Kier molecular flexibility index (Phi) is 5.19. The van der Waals surface area contributed by atoms with Crippen molar-refractivity contribution in [2.75, 3.05) is 19.8 Å². The van der Waals surface area contributed by atoms with Gasteiger partial charge >= 0.3 is 0 Å². The highest BCUT2D eigenvalue weighted by Gasteiger charge is 2.17. The third-order valence-electron chi connectivity index (χ3n) is 3.88. The Bertz CT molecular complexity index is 402. The first-order valence-electron chi connectivity index (χ1n) is 7.52. The van der Waals surface area contributed by atoms with Crippen LogP contribution in [-0.4, -0.2) is 25.9 Å². The van der Waals surface area contributed by atoms with Gasteiger partial charge in [0.2, 0.25) is 0 Å². The summed E-state index contributed by atoms with van der Waals surface area (Å²) < 4.78 is 11.2. The lowest BCUT2D eigenvalue weighted by molar-refractivity contribution is -0.0358. The smallest absolute Gasteiger partial charge is 0.0663 e. The van der Waals surface area contributed by atoms with Gasteiger partial charge in [-0.25, -0.2) is 0 Å². The maximum absolute atomic E-state index is 6.22. The van der Waals surface area contributed by atoms with E-state index in [-0.39, 0.29) is 11.5 Å². The van der Waals surface area contributed by atoms with Gasteiger partial charge in [-0.15, -0.1) is 0 Å². The fourth-order valence-electron chi connectivity index (χ4n) is 2.41. The first kappa shape index (κ1) is 15.5. The second-order valence-electron chi connectivity index (χ2n) is 6.62. The largest absolute Gasteiger partial charge is 0.381 e. The third kappa shape index (κ3) is 4.30. The van der Waals surface area contributed by atoms with Crippen LogP contribution in [0.25, 0.3) is 0 Å². The van der Waals surface area contributed by atoms with Gasteiger partial charge in [0.15, 0.2) is 0 Å². The third-order valence-corrected chi connectivity index (χ3v) is 3.88. The molecular weight excluding hydrogens is 250 g/mol. The van der Waals surface area contributed by atoms with Crippen molar-refractivity contribution in [1.29, 1.82) is 0 Å². The molecular formula is C17H27NO2. The maximum atomic E-state index is 6.22. The maximum Gasteiger partial charge on any atom is 0.0663 e. The highest BCUT2D eigenvalue weighted by atomic mass is 16.5. The van der Waals surface area contributed by atoms with E-state index in [2.05, 4.69) is 45.0 Å². The molecule has 1 aliphatic heterocycles. The molecule has 1 aliphatic rings. The van der Waals surface area contributed by atoms with Crippen LogP contribution in [0.3, 0.4) is 0 Å². The predicted octanol–water partition coefficient (Wildman–Crippen LogP) is 3.18. The standard InChI is InChI=1S/C17H27NO2/c1-17(2,3)14-6-4-13(5-7-14)16(18)12-20-15-8-10-19-11-9-15/h4-7,15-16H,8-12,18H2,1-3H3. The molecule has 0 amide bonds. The van der Waals surface area contributed by atoms with E-state index in [9.17, 15) is 0 Å². The molecule has 1 aromatic carbocycles. The molecule has 0 spiro atoms. The lowest BCUT2D eigenvalue weighted by Gasteiger charge is -2.24. The van der Waals surface area contributed by atoms with Crippen molar-refractivity contribution < 1.29 is 9.47 Å². The van der Waals surface area contributed by atoms with Crippen LogP contribution in [0.4, 0.5) is 0 Å². The van der Waals surface area contributed by atoms with Crippen molar-refractivity contribution in [3.8, 4) is 0 Å². The molecule has 112 valence electrons. The van der Waals surface area contributed by atoms with E-state index < -0.39 is 0 Å². The quantitative estimate of drug-likeness (QED) is 0.919. The molecule has 1 unspecified atom stereocenters. The first-order chi connectivity index (χ1) is 9.47. The zero-order chi connectivity index (χ0) is 14.6. The van der Waals surface area contributed by atoms with Gasteiger partial charge < -0.3 is 15.2 Å². The van der Waals surface area contributed by atoms with Crippen molar-refractivity contribution in [3.63, 3.8) is 0 Å².